The molecule has 1 atom stereocenters. The van der Waals surface area contributed by atoms with Gasteiger partial charge in [0.1, 0.15) is 5.60 Å². The van der Waals surface area contributed by atoms with Crippen LogP contribution >= 0.6 is 0 Å². The second kappa shape index (κ2) is 7.44. The summed E-state index contributed by atoms with van der Waals surface area (Å²) in [7, 11) is 0. The standard InChI is InChI=1S/C19H28N2O4/c1-18(2,3)25-16(22)14-8-5-6-9-15(14)20-17(23)21-12-7-10-19(4,24)11-13-21/h5-6,8-9,24H,7,10-13H2,1-4H3,(H,20,23)/t19-/m1/s1. The van der Waals surface area contributed by atoms with Gasteiger partial charge in [-0.2, -0.15) is 0 Å². The molecule has 1 aliphatic rings. The van der Waals surface area contributed by atoms with E-state index in [1.165, 1.54) is 0 Å². The van der Waals surface area contributed by atoms with Crippen LogP contribution in [0.4, 0.5) is 10.5 Å². The first-order chi connectivity index (χ1) is 11.6. The highest BCUT2D eigenvalue weighted by Gasteiger charge is 2.28. The zero-order valence-corrected chi connectivity index (χ0v) is 15.5. The zero-order chi connectivity index (χ0) is 18.7. The summed E-state index contributed by atoms with van der Waals surface area (Å²) in [6.45, 7) is 8.26. The number of hydrogen-bond acceptors (Lipinski definition) is 4. The highest BCUT2D eigenvalue weighted by atomic mass is 16.6. The molecule has 0 aromatic heterocycles. The average Bonchev–Trinajstić information content (AvgIpc) is 2.67. The number of para-hydroxylation sites is 1. The highest BCUT2D eigenvalue weighted by Crippen LogP contribution is 2.23. The quantitative estimate of drug-likeness (QED) is 0.803. The van der Waals surface area contributed by atoms with Gasteiger partial charge < -0.3 is 20.1 Å². The number of rotatable bonds is 2. The Bertz CT molecular complexity index is 635. The number of carbonyl (C=O) groups is 2. The summed E-state index contributed by atoms with van der Waals surface area (Å²) in [6.07, 6.45) is 1.95. The van der Waals surface area contributed by atoms with E-state index in [1.807, 2.05) is 0 Å². The molecule has 6 heteroatoms. The Morgan fingerprint density at radius 2 is 1.88 bits per heavy atom. The molecule has 138 valence electrons. The molecule has 1 fully saturated rings. The number of anilines is 1. The number of benzene rings is 1. The topological polar surface area (TPSA) is 78.9 Å². The summed E-state index contributed by atoms with van der Waals surface area (Å²) >= 11 is 0. The molecule has 1 saturated heterocycles. The van der Waals surface area contributed by atoms with E-state index in [0.29, 0.717) is 37.2 Å². The lowest BCUT2D eigenvalue weighted by Crippen LogP contribution is -2.37. The van der Waals surface area contributed by atoms with Crippen LogP contribution in [0.5, 0.6) is 0 Å². The predicted octanol–water partition coefficient (Wildman–Crippen LogP) is 3.41. The van der Waals surface area contributed by atoms with Crippen LogP contribution in [-0.4, -0.2) is 46.3 Å². The monoisotopic (exact) mass is 348 g/mol. The van der Waals surface area contributed by atoms with Gasteiger partial charge in [-0.25, -0.2) is 9.59 Å². The fraction of sp³-hybridized carbons (Fsp3) is 0.579. The van der Waals surface area contributed by atoms with Crippen LogP contribution in [0, 0.1) is 0 Å². The van der Waals surface area contributed by atoms with Gasteiger partial charge in [0.05, 0.1) is 16.9 Å². The molecular weight excluding hydrogens is 320 g/mol. The first kappa shape index (κ1) is 19.2. The largest absolute Gasteiger partial charge is 0.456 e. The van der Waals surface area contributed by atoms with Crippen LogP contribution in [0.3, 0.4) is 0 Å². The summed E-state index contributed by atoms with van der Waals surface area (Å²) in [5.41, 5.74) is -0.584. The minimum absolute atomic E-state index is 0.270. The van der Waals surface area contributed by atoms with Crippen LogP contribution in [0.2, 0.25) is 0 Å². The van der Waals surface area contributed by atoms with Crippen molar-refractivity contribution < 1.29 is 19.4 Å². The third-order valence-corrected chi connectivity index (χ3v) is 4.14. The summed E-state index contributed by atoms with van der Waals surface area (Å²) < 4.78 is 5.40. The van der Waals surface area contributed by atoms with E-state index < -0.39 is 17.2 Å². The van der Waals surface area contributed by atoms with Crippen molar-refractivity contribution in [1.82, 2.24) is 4.90 Å². The van der Waals surface area contributed by atoms with Gasteiger partial charge in [0, 0.05) is 13.1 Å². The van der Waals surface area contributed by atoms with Crippen molar-refractivity contribution in [3.8, 4) is 0 Å². The number of hydrogen-bond donors (Lipinski definition) is 2. The van der Waals surface area contributed by atoms with Crippen molar-refractivity contribution in [1.29, 1.82) is 0 Å². The van der Waals surface area contributed by atoms with E-state index in [9.17, 15) is 14.7 Å². The van der Waals surface area contributed by atoms with Crippen molar-refractivity contribution in [2.45, 2.75) is 58.2 Å². The van der Waals surface area contributed by atoms with Gasteiger partial charge in [0.25, 0.3) is 0 Å². The van der Waals surface area contributed by atoms with E-state index in [2.05, 4.69) is 5.32 Å². The van der Waals surface area contributed by atoms with Crippen LogP contribution in [0.15, 0.2) is 24.3 Å². The Labute approximate surface area is 149 Å². The van der Waals surface area contributed by atoms with E-state index in [-0.39, 0.29) is 6.03 Å². The maximum Gasteiger partial charge on any atom is 0.340 e. The molecular formula is C19H28N2O4. The molecule has 1 aromatic rings. The van der Waals surface area contributed by atoms with Crippen LogP contribution in [0.25, 0.3) is 0 Å². The molecule has 0 radical (unpaired) electrons. The van der Waals surface area contributed by atoms with Gasteiger partial charge in [0.2, 0.25) is 0 Å². The molecule has 1 aromatic carbocycles. The number of nitrogens with one attached hydrogen (secondary N) is 1. The molecule has 2 amide bonds. The second-order valence-electron chi connectivity index (χ2n) is 7.82. The Hall–Kier alpha value is -2.08. The van der Waals surface area contributed by atoms with Crippen LogP contribution in [0.1, 0.15) is 57.3 Å². The van der Waals surface area contributed by atoms with Gasteiger partial charge >= 0.3 is 12.0 Å². The minimum Gasteiger partial charge on any atom is -0.456 e. The first-order valence-corrected chi connectivity index (χ1v) is 8.68. The molecule has 6 nitrogen and oxygen atoms in total. The molecule has 1 aliphatic heterocycles. The number of ether oxygens (including phenoxy) is 1. The third-order valence-electron chi connectivity index (χ3n) is 4.14. The zero-order valence-electron chi connectivity index (χ0n) is 15.5. The van der Waals surface area contributed by atoms with Crippen molar-refractivity contribution in [3.05, 3.63) is 29.8 Å². The Kier molecular flexibility index (Phi) is 5.72. The summed E-state index contributed by atoms with van der Waals surface area (Å²) in [5, 5.41) is 13.0. The number of nitrogens with zero attached hydrogens (tertiary/aromatic N) is 1. The van der Waals surface area contributed by atoms with Crippen LogP contribution < -0.4 is 5.32 Å². The van der Waals surface area contributed by atoms with Crippen molar-refractivity contribution in [2.75, 3.05) is 18.4 Å². The number of esters is 1. The molecule has 2 rings (SSSR count). The minimum atomic E-state index is -0.733. The Morgan fingerprint density at radius 1 is 1.20 bits per heavy atom. The average molecular weight is 348 g/mol. The summed E-state index contributed by atoms with van der Waals surface area (Å²) in [4.78, 5) is 26.6. The van der Waals surface area contributed by atoms with Crippen molar-refractivity contribution in [2.24, 2.45) is 0 Å². The smallest absolute Gasteiger partial charge is 0.340 e. The fourth-order valence-corrected chi connectivity index (χ4v) is 2.76. The number of aliphatic hydroxyl groups is 1. The molecule has 0 saturated carbocycles. The SMILES string of the molecule is CC(C)(C)OC(=O)c1ccccc1NC(=O)N1CCC[C@@](C)(O)CC1. The maximum absolute atomic E-state index is 12.6. The number of likely N-dealkylation sites (tertiary alicyclic amines) is 1. The van der Waals surface area contributed by atoms with Gasteiger partial charge in [-0.05, 0) is 59.1 Å². The molecule has 25 heavy (non-hydrogen) atoms. The van der Waals surface area contributed by atoms with E-state index >= 15 is 0 Å². The normalized spacial score (nSPS) is 21.4. The molecule has 0 unspecified atom stereocenters. The molecule has 0 aliphatic carbocycles. The highest BCUT2D eigenvalue weighted by molar-refractivity contribution is 6.01. The van der Waals surface area contributed by atoms with Crippen molar-refractivity contribution >= 4 is 17.7 Å². The van der Waals surface area contributed by atoms with Crippen LogP contribution in [-0.2, 0) is 4.74 Å². The van der Waals surface area contributed by atoms with E-state index in [4.69, 9.17) is 4.74 Å². The number of amides is 2. The molecule has 0 spiro atoms. The fourth-order valence-electron chi connectivity index (χ4n) is 2.76. The number of carbonyl (C=O) groups excluding carboxylic acids is 2. The lowest BCUT2D eigenvalue weighted by atomic mass is 9.98. The van der Waals surface area contributed by atoms with Gasteiger partial charge in [-0.3, -0.25) is 0 Å². The lowest BCUT2D eigenvalue weighted by Gasteiger charge is -2.24. The molecule has 0 bridgehead atoms. The van der Waals surface area contributed by atoms with Gasteiger partial charge in [0.15, 0.2) is 0 Å². The second-order valence-corrected chi connectivity index (χ2v) is 7.82. The lowest BCUT2D eigenvalue weighted by molar-refractivity contribution is 0.00706. The summed E-state index contributed by atoms with van der Waals surface area (Å²) in [6, 6.07) is 6.55. The van der Waals surface area contributed by atoms with E-state index in [1.54, 1.807) is 56.9 Å². The Balaban J connectivity index is 2.10. The molecule has 2 N–H and O–H groups in total. The van der Waals surface area contributed by atoms with Gasteiger partial charge in [-0.1, -0.05) is 12.1 Å². The molecule has 1 heterocycles. The third kappa shape index (κ3) is 5.74. The van der Waals surface area contributed by atoms with Crippen molar-refractivity contribution in [3.63, 3.8) is 0 Å². The van der Waals surface area contributed by atoms with Gasteiger partial charge in [-0.15, -0.1) is 0 Å². The van der Waals surface area contributed by atoms with E-state index in [0.717, 1.165) is 6.42 Å². The predicted molar refractivity (Wildman–Crippen MR) is 96.7 cm³/mol. The Morgan fingerprint density at radius 3 is 2.56 bits per heavy atom. The maximum atomic E-state index is 12.6. The summed E-state index contributed by atoms with van der Waals surface area (Å²) in [5.74, 6) is -0.470. The first-order valence-electron chi connectivity index (χ1n) is 8.68. The number of urea groups is 1.